The molecule has 0 bridgehead atoms. The molecule has 2 nitrogen and oxygen atoms in total. The van der Waals surface area contributed by atoms with Crippen LogP contribution in [0, 0.1) is 5.92 Å². The molecule has 0 aromatic carbocycles. The summed E-state index contributed by atoms with van der Waals surface area (Å²) in [6.07, 6.45) is 9.04. The largest absolute Gasteiger partial charge is 0.323 e. The highest BCUT2D eigenvalue weighted by molar-refractivity contribution is 7.11. The van der Waals surface area contributed by atoms with Crippen molar-refractivity contribution in [2.45, 2.75) is 63.8 Å². The lowest BCUT2D eigenvalue weighted by Gasteiger charge is -2.24. The highest BCUT2D eigenvalue weighted by Crippen LogP contribution is 2.41. The van der Waals surface area contributed by atoms with Crippen molar-refractivity contribution in [2.24, 2.45) is 11.7 Å². The quantitative estimate of drug-likeness (QED) is 0.824. The predicted octanol–water partition coefficient (Wildman–Crippen LogP) is 3.77. The maximum atomic E-state index is 6.16. The third-order valence-electron chi connectivity index (χ3n) is 4.30. The van der Waals surface area contributed by atoms with Gasteiger partial charge in [-0.1, -0.05) is 19.8 Å². The minimum atomic E-state index is 0.213. The number of hydrogen-bond acceptors (Lipinski definition) is 3. The van der Waals surface area contributed by atoms with Crippen molar-refractivity contribution in [2.75, 3.05) is 0 Å². The monoisotopic (exact) mass is 250 g/mol. The predicted molar refractivity (Wildman–Crippen MR) is 72.4 cm³/mol. The van der Waals surface area contributed by atoms with Crippen LogP contribution in [0.1, 0.15) is 73.0 Å². The Morgan fingerprint density at radius 3 is 2.88 bits per heavy atom. The van der Waals surface area contributed by atoms with Crippen LogP contribution in [-0.4, -0.2) is 4.98 Å². The van der Waals surface area contributed by atoms with Gasteiger partial charge in [0.25, 0.3) is 0 Å². The van der Waals surface area contributed by atoms with E-state index in [4.69, 9.17) is 10.7 Å². The molecule has 2 aliphatic carbocycles. The first-order chi connectivity index (χ1) is 8.24. The van der Waals surface area contributed by atoms with E-state index in [1.54, 1.807) is 0 Å². The van der Waals surface area contributed by atoms with E-state index >= 15 is 0 Å². The van der Waals surface area contributed by atoms with Crippen molar-refractivity contribution in [1.29, 1.82) is 0 Å². The van der Waals surface area contributed by atoms with Gasteiger partial charge in [-0.25, -0.2) is 4.98 Å². The lowest BCUT2D eigenvalue weighted by molar-refractivity contribution is 0.343. The third kappa shape index (κ3) is 2.27. The standard InChI is InChI=1S/C14H22N2S/c1-9-4-2-5-10(8-9)14-16-13-11(15)6-3-7-12(13)17-14/h9-11H,2-8,15H2,1H3. The number of fused-ring (bicyclic) bond motifs is 1. The molecule has 1 fully saturated rings. The van der Waals surface area contributed by atoms with Gasteiger partial charge in [-0.05, 0) is 38.0 Å². The van der Waals surface area contributed by atoms with Crippen LogP contribution < -0.4 is 5.73 Å². The minimum Gasteiger partial charge on any atom is -0.323 e. The van der Waals surface area contributed by atoms with Crippen LogP contribution in [0.25, 0.3) is 0 Å². The Labute approximate surface area is 108 Å². The molecule has 1 aromatic heterocycles. The first-order valence-corrected chi connectivity index (χ1v) is 7.80. The number of aromatic nitrogens is 1. The number of hydrogen-bond donors (Lipinski definition) is 1. The molecule has 0 amide bonds. The summed E-state index contributed by atoms with van der Waals surface area (Å²) < 4.78 is 0. The SMILES string of the molecule is CC1CCCC(c2nc3c(s2)CCCC3N)C1. The fraction of sp³-hybridized carbons (Fsp3) is 0.786. The molecule has 3 unspecified atom stereocenters. The van der Waals surface area contributed by atoms with Gasteiger partial charge in [0, 0.05) is 16.8 Å². The average Bonchev–Trinajstić information content (AvgIpc) is 2.74. The summed E-state index contributed by atoms with van der Waals surface area (Å²) in [6.45, 7) is 2.38. The topological polar surface area (TPSA) is 38.9 Å². The summed E-state index contributed by atoms with van der Waals surface area (Å²) >= 11 is 1.96. The number of aryl methyl sites for hydroxylation is 1. The van der Waals surface area contributed by atoms with Crippen LogP contribution in [0.5, 0.6) is 0 Å². The number of rotatable bonds is 1. The maximum Gasteiger partial charge on any atom is 0.0962 e. The molecule has 1 heterocycles. The lowest BCUT2D eigenvalue weighted by Crippen LogP contribution is -2.17. The average molecular weight is 250 g/mol. The Kier molecular flexibility index (Phi) is 3.22. The number of nitrogens with two attached hydrogens (primary N) is 1. The van der Waals surface area contributed by atoms with E-state index in [0.717, 1.165) is 18.3 Å². The molecule has 17 heavy (non-hydrogen) atoms. The molecule has 0 saturated heterocycles. The van der Waals surface area contributed by atoms with Crippen molar-refractivity contribution in [3.63, 3.8) is 0 Å². The van der Waals surface area contributed by atoms with Gasteiger partial charge < -0.3 is 5.73 Å². The lowest BCUT2D eigenvalue weighted by atomic mass is 9.83. The van der Waals surface area contributed by atoms with Gasteiger partial charge >= 0.3 is 0 Å². The molecule has 0 spiro atoms. The smallest absolute Gasteiger partial charge is 0.0962 e. The summed E-state index contributed by atoms with van der Waals surface area (Å²) in [7, 11) is 0. The molecule has 3 atom stereocenters. The summed E-state index contributed by atoms with van der Waals surface area (Å²) in [4.78, 5) is 6.37. The normalized spacial score (nSPS) is 33.4. The van der Waals surface area contributed by atoms with E-state index in [1.165, 1.54) is 54.1 Å². The molecule has 3 heteroatoms. The van der Waals surface area contributed by atoms with E-state index in [0.29, 0.717) is 0 Å². The molecule has 2 N–H and O–H groups in total. The van der Waals surface area contributed by atoms with Crippen LogP contribution in [0.3, 0.4) is 0 Å². The summed E-state index contributed by atoms with van der Waals surface area (Å²) in [5.41, 5.74) is 7.39. The molecule has 1 aromatic rings. The molecular weight excluding hydrogens is 228 g/mol. The van der Waals surface area contributed by atoms with Gasteiger partial charge in [0.2, 0.25) is 0 Å². The zero-order valence-corrected chi connectivity index (χ0v) is 11.4. The first-order valence-electron chi connectivity index (χ1n) is 6.99. The zero-order chi connectivity index (χ0) is 11.8. The number of thiazole rings is 1. The van der Waals surface area contributed by atoms with E-state index < -0.39 is 0 Å². The summed E-state index contributed by atoms with van der Waals surface area (Å²) in [5, 5.41) is 1.39. The van der Waals surface area contributed by atoms with Crippen LogP contribution in [-0.2, 0) is 6.42 Å². The van der Waals surface area contributed by atoms with Gasteiger partial charge in [0.1, 0.15) is 0 Å². The zero-order valence-electron chi connectivity index (χ0n) is 10.6. The Bertz CT molecular complexity index is 399. The first kappa shape index (κ1) is 11.7. The van der Waals surface area contributed by atoms with Crippen molar-refractivity contribution in [3.8, 4) is 0 Å². The highest BCUT2D eigenvalue weighted by Gasteiger charge is 2.27. The van der Waals surface area contributed by atoms with E-state index in [9.17, 15) is 0 Å². The van der Waals surface area contributed by atoms with Crippen LogP contribution in [0.2, 0.25) is 0 Å². The second-order valence-corrected chi connectivity index (χ2v) is 6.94. The second kappa shape index (κ2) is 4.69. The van der Waals surface area contributed by atoms with Gasteiger partial charge in [-0.2, -0.15) is 0 Å². The summed E-state index contributed by atoms with van der Waals surface area (Å²) in [6, 6.07) is 0.213. The Balaban J connectivity index is 1.83. The molecule has 0 aliphatic heterocycles. The van der Waals surface area contributed by atoms with Gasteiger partial charge in [-0.3, -0.25) is 0 Å². The van der Waals surface area contributed by atoms with Gasteiger partial charge in [-0.15, -0.1) is 11.3 Å². The van der Waals surface area contributed by atoms with Crippen LogP contribution in [0.4, 0.5) is 0 Å². The van der Waals surface area contributed by atoms with Crippen molar-refractivity contribution >= 4 is 11.3 Å². The molecular formula is C14H22N2S. The minimum absolute atomic E-state index is 0.213. The molecule has 3 rings (SSSR count). The van der Waals surface area contributed by atoms with Crippen molar-refractivity contribution in [3.05, 3.63) is 15.6 Å². The van der Waals surface area contributed by atoms with Crippen molar-refractivity contribution < 1.29 is 0 Å². The fourth-order valence-corrected chi connectivity index (χ4v) is 4.63. The van der Waals surface area contributed by atoms with E-state index in [1.807, 2.05) is 11.3 Å². The molecule has 2 aliphatic rings. The second-order valence-electron chi connectivity index (χ2n) is 5.83. The van der Waals surface area contributed by atoms with Crippen molar-refractivity contribution in [1.82, 2.24) is 4.98 Å². The third-order valence-corrected chi connectivity index (χ3v) is 5.59. The van der Waals surface area contributed by atoms with Crippen LogP contribution >= 0.6 is 11.3 Å². The Hall–Kier alpha value is -0.410. The maximum absolute atomic E-state index is 6.16. The molecule has 94 valence electrons. The molecule has 0 radical (unpaired) electrons. The van der Waals surface area contributed by atoms with E-state index in [-0.39, 0.29) is 6.04 Å². The Morgan fingerprint density at radius 1 is 1.24 bits per heavy atom. The Morgan fingerprint density at radius 2 is 2.12 bits per heavy atom. The van der Waals surface area contributed by atoms with E-state index in [2.05, 4.69) is 6.92 Å². The van der Waals surface area contributed by atoms with Crippen LogP contribution in [0.15, 0.2) is 0 Å². The summed E-state index contributed by atoms with van der Waals surface area (Å²) in [5.74, 6) is 1.60. The fourth-order valence-electron chi connectivity index (χ4n) is 3.30. The molecule has 1 saturated carbocycles. The highest BCUT2D eigenvalue weighted by atomic mass is 32.1. The van der Waals surface area contributed by atoms with Gasteiger partial charge in [0.05, 0.1) is 10.7 Å². The van der Waals surface area contributed by atoms with Gasteiger partial charge in [0.15, 0.2) is 0 Å². The number of nitrogens with zero attached hydrogens (tertiary/aromatic N) is 1.